The van der Waals surface area contributed by atoms with Crippen LogP contribution in [0.5, 0.6) is 0 Å². The van der Waals surface area contributed by atoms with Gasteiger partial charge in [0.05, 0.1) is 28.6 Å². The molecule has 0 unspecified atom stereocenters. The van der Waals surface area contributed by atoms with E-state index < -0.39 is 5.41 Å². The van der Waals surface area contributed by atoms with Gasteiger partial charge >= 0.3 is 5.97 Å². The van der Waals surface area contributed by atoms with Crippen LogP contribution in [0, 0.1) is 11.7 Å². The molecular weight excluding hydrogens is 401 g/mol. The fourth-order valence-corrected chi connectivity index (χ4v) is 4.34. The molecule has 0 aliphatic heterocycles. The Balaban J connectivity index is 1.99. The number of halogens is 2. The molecular formula is C20H23BrFNO3. The fourth-order valence-electron chi connectivity index (χ4n) is 3.69. The van der Waals surface area contributed by atoms with Crippen molar-refractivity contribution in [3.63, 3.8) is 0 Å². The molecule has 1 aromatic carbocycles. The molecule has 0 saturated heterocycles. The van der Waals surface area contributed by atoms with Gasteiger partial charge in [-0.1, -0.05) is 19.1 Å². The van der Waals surface area contributed by atoms with Crippen molar-refractivity contribution in [2.24, 2.45) is 5.92 Å². The minimum Gasteiger partial charge on any atom is -0.466 e. The van der Waals surface area contributed by atoms with Crippen LogP contribution in [0.3, 0.4) is 0 Å². The quantitative estimate of drug-likeness (QED) is 0.621. The number of carbonyl (C=O) groups is 1. The first-order valence-electron chi connectivity index (χ1n) is 9.01. The number of aromatic nitrogens is 1. The molecule has 0 bridgehead atoms. The molecule has 0 amide bonds. The Hall–Kier alpha value is -1.69. The van der Waals surface area contributed by atoms with Gasteiger partial charge in [0.25, 0.3) is 0 Å². The molecule has 1 aromatic heterocycles. The van der Waals surface area contributed by atoms with Crippen molar-refractivity contribution in [3.8, 4) is 0 Å². The van der Waals surface area contributed by atoms with Gasteiger partial charge in [-0.15, -0.1) is 0 Å². The second kappa shape index (κ2) is 7.91. The summed E-state index contributed by atoms with van der Waals surface area (Å²) in [6.07, 6.45) is 5.27. The predicted octanol–water partition coefficient (Wildman–Crippen LogP) is 5.18. The number of hydrogen-bond acceptors (Lipinski definition) is 4. The van der Waals surface area contributed by atoms with E-state index in [-0.39, 0.29) is 18.2 Å². The van der Waals surface area contributed by atoms with Crippen LogP contribution in [0.4, 0.5) is 4.39 Å². The first kappa shape index (κ1) is 19.1. The molecule has 1 aliphatic rings. The highest BCUT2D eigenvalue weighted by Crippen LogP contribution is 2.48. The monoisotopic (exact) mass is 423 g/mol. The van der Waals surface area contributed by atoms with Gasteiger partial charge in [0.1, 0.15) is 12.1 Å². The van der Waals surface area contributed by atoms with Crippen molar-refractivity contribution >= 4 is 21.9 Å². The molecule has 1 fully saturated rings. The van der Waals surface area contributed by atoms with Gasteiger partial charge in [0, 0.05) is 0 Å². The third-order valence-electron chi connectivity index (χ3n) is 5.19. The van der Waals surface area contributed by atoms with Gasteiger partial charge in [-0.3, -0.25) is 4.79 Å². The average Bonchev–Trinajstić information content (AvgIpc) is 3.07. The van der Waals surface area contributed by atoms with Crippen LogP contribution in [0.1, 0.15) is 56.7 Å². The summed E-state index contributed by atoms with van der Waals surface area (Å²) in [6, 6.07) is 5.09. The minimum absolute atomic E-state index is 0.0775. The third-order valence-corrected chi connectivity index (χ3v) is 5.99. The topological polar surface area (TPSA) is 52.3 Å². The van der Waals surface area contributed by atoms with Crippen LogP contribution in [0.2, 0.25) is 0 Å². The number of rotatable bonds is 5. The number of benzene rings is 1. The van der Waals surface area contributed by atoms with Crippen molar-refractivity contribution < 1.29 is 18.3 Å². The number of nitrogens with zero attached hydrogens (tertiary/aromatic N) is 1. The summed E-state index contributed by atoms with van der Waals surface area (Å²) in [5, 5.41) is 0. The maximum atomic E-state index is 14.2. The highest BCUT2D eigenvalue weighted by atomic mass is 79.9. The second-order valence-electron chi connectivity index (χ2n) is 6.99. The Morgan fingerprint density at radius 2 is 2.15 bits per heavy atom. The fraction of sp³-hybridized carbons (Fsp3) is 0.500. The van der Waals surface area contributed by atoms with Crippen LogP contribution in [-0.4, -0.2) is 17.6 Å². The highest BCUT2D eigenvalue weighted by Gasteiger charge is 2.43. The Morgan fingerprint density at radius 3 is 2.85 bits per heavy atom. The summed E-state index contributed by atoms with van der Waals surface area (Å²) in [6.45, 7) is 4.33. The van der Waals surface area contributed by atoms with Gasteiger partial charge in [0.2, 0.25) is 5.89 Å². The largest absolute Gasteiger partial charge is 0.466 e. The van der Waals surface area contributed by atoms with Crippen LogP contribution >= 0.6 is 15.9 Å². The lowest BCUT2D eigenvalue weighted by atomic mass is 9.67. The zero-order valence-corrected chi connectivity index (χ0v) is 16.6. The van der Waals surface area contributed by atoms with E-state index in [9.17, 15) is 9.18 Å². The number of esters is 1. The van der Waals surface area contributed by atoms with E-state index in [0.29, 0.717) is 28.6 Å². The SMILES string of the molecule is CCOC(=O)Cc1coc(C2(c3cccc(F)c3Br)CCC(C)CC2)n1. The lowest BCUT2D eigenvalue weighted by Gasteiger charge is -2.38. The van der Waals surface area contributed by atoms with Gasteiger partial charge < -0.3 is 9.15 Å². The number of oxazole rings is 1. The summed E-state index contributed by atoms with van der Waals surface area (Å²) >= 11 is 3.41. The average molecular weight is 424 g/mol. The maximum Gasteiger partial charge on any atom is 0.311 e. The van der Waals surface area contributed by atoms with E-state index in [1.807, 2.05) is 6.07 Å². The lowest BCUT2D eigenvalue weighted by Crippen LogP contribution is -2.33. The molecule has 0 radical (unpaired) electrons. The molecule has 6 heteroatoms. The maximum absolute atomic E-state index is 14.2. The first-order valence-corrected chi connectivity index (χ1v) is 9.80. The summed E-state index contributed by atoms with van der Waals surface area (Å²) < 4.78 is 25.4. The van der Waals surface area contributed by atoms with E-state index >= 15 is 0 Å². The first-order chi connectivity index (χ1) is 12.5. The molecule has 2 aromatic rings. The van der Waals surface area contributed by atoms with E-state index in [1.54, 1.807) is 13.0 Å². The minimum atomic E-state index is -0.486. The molecule has 0 N–H and O–H groups in total. The predicted molar refractivity (Wildman–Crippen MR) is 99.4 cm³/mol. The zero-order valence-electron chi connectivity index (χ0n) is 15.1. The van der Waals surface area contributed by atoms with Crippen molar-refractivity contribution in [3.05, 3.63) is 51.9 Å². The zero-order chi connectivity index (χ0) is 18.7. The van der Waals surface area contributed by atoms with Crippen LogP contribution < -0.4 is 0 Å². The van der Waals surface area contributed by atoms with Crippen LogP contribution in [0.15, 0.2) is 33.4 Å². The Kier molecular flexibility index (Phi) is 5.80. The summed E-state index contributed by atoms with van der Waals surface area (Å²) in [5.74, 6) is 0.545. The highest BCUT2D eigenvalue weighted by molar-refractivity contribution is 9.10. The van der Waals surface area contributed by atoms with Gasteiger partial charge in [-0.25, -0.2) is 9.37 Å². The van der Waals surface area contributed by atoms with Gasteiger partial charge in [-0.05, 0) is 66.1 Å². The van der Waals surface area contributed by atoms with E-state index in [4.69, 9.17) is 9.15 Å². The van der Waals surface area contributed by atoms with Gasteiger partial charge in [0.15, 0.2) is 0 Å². The van der Waals surface area contributed by atoms with Crippen molar-refractivity contribution in [1.82, 2.24) is 4.98 Å². The summed E-state index contributed by atoms with van der Waals surface area (Å²) in [7, 11) is 0. The van der Waals surface area contributed by atoms with E-state index in [1.165, 1.54) is 12.3 Å². The number of hydrogen-bond donors (Lipinski definition) is 0. The van der Waals surface area contributed by atoms with E-state index in [2.05, 4.69) is 27.8 Å². The van der Waals surface area contributed by atoms with E-state index in [0.717, 1.165) is 31.2 Å². The molecule has 0 atom stereocenters. The second-order valence-corrected chi connectivity index (χ2v) is 7.78. The molecule has 3 rings (SSSR count). The standard InChI is InChI=1S/C20H23BrFNO3/c1-3-25-17(24)11-14-12-26-19(23-14)20(9-7-13(2)8-10-20)15-5-4-6-16(22)18(15)21/h4-6,12-13H,3,7-11H2,1-2H3. The molecule has 0 spiro atoms. The molecule has 140 valence electrons. The molecule has 1 heterocycles. The number of ether oxygens (including phenoxy) is 1. The van der Waals surface area contributed by atoms with Gasteiger partial charge in [-0.2, -0.15) is 0 Å². The molecule has 4 nitrogen and oxygen atoms in total. The van der Waals surface area contributed by atoms with Crippen molar-refractivity contribution in [1.29, 1.82) is 0 Å². The summed E-state index contributed by atoms with van der Waals surface area (Å²) in [4.78, 5) is 16.3. The third kappa shape index (κ3) is 3.70. The normalized spacial score (nSPS) is 23.0. The lowest BCUT2D eigenvalue weighted by molar-refractivity contribution is -0.142. The Bertz CT molecular complexity index is 781. The van der Waals surface area contributed by atoms with Crippen LogP contribution in [0.25, 0.3) is 0 Å². The summed E-state index contributed by atoms with van der Waals surface area (Å²) in [5.41, 5.74) is 0.915. The molecule has 1 aliphatic carbocycles. The van der Waals surface area contributed by atoms with Crippen molar-refractivity contribution in [2.45, 2.75) is 51.4 Å². The Morgan fingerprint density at radius 1 is 1.42 bits per heavy atom. The Labute approximate surface area is 161 Å². The van der Waals surface area contributed by atoms with Crippen LogP contribution in [-0.2, 0) is 21.4 Å². The van der Waals surface area contributed by atoms with Crippen molar-refractivity contribution in [2.75, 3.05) is 6.61 Å². The molecule has 1 saturated carbocycles. The molecule has 26 heavy (non-hydrogen) atoms. The smallest absolute Gasteiger partial charge is 0.311 e. The number of carbonyl (C=O) groups excluding carboxylic acids is 1.